The van der Waals surface area contributed by atoms with E-state index in [0.717, 1.165) is 22.5 Å². The third-order valence-electron chi connectivity index (χ3n) is 3.84. The molecule has 0 saturated heterocycles. The van der Waals surface area contributed by atoms with Gasteiger partial charge in [0.25, 0.3) is 0 Å². The molecule has 1 aromatic carbocycles. The third-order valence-corrected chi connectivity index (χ3v) is 3.84. The van der Waals surface area contributed by atoms with Gasteiger partial charge < -0.3 is 5.11 Å². The SMILES string of the molecule is Cc1c(O)c(-c2ccccc2-c2ccccn2)nn1C(C)(C)C. The summed E-state index contributed by atoms with van der Waals surface area (Å²) < 4.78 is 1.87. The predicted octanol–water partition coefficient (Wildman–Crippen LogP) is 4.38. The Bertz CT molecular complexity index is 830. The van der Waals surface area contributed by atoms with Crippen molar-refractivity contribution in [2.45, 2.75) is 33.2 Å². The van der Waals surface area contributed by atoms with Crippen LogP contribution >= 0.6 is 0 Å². The number of hydrogen-bond acceptors (Lipinski definition) is 3. The average Bonchev–Trinajstić information content (AvgIpc) is 2.84. The van der Waals surface area contributed by atoms with Crippen LogP contribution in [0.25, 0.3) is 22.5 Å². The molecule has 0 unspecified atom stereocenters. The molecule has 0 aliphatic rings. The number of rotatable bonds is 2. The lowest BCUT2D eigenvalue weighted by molar-refractivity contribution is 0.345. The van der Waals surface area contributed by atoms with Crippen LogP contribution in [0.1, 0.15) is 26.5 Å². The Kier molecular flexibility index (Phi) is 3.68. The molecule has 0 radical (unpaired) electrons. The van der Waals surface area contributed by atoms with Crippen LogP contribution < -0.4 is 0 Å². The number of benzene rings is 1. The van der Waals surface area contributed by atoms with Crippen molar-refractivity contribution < 1.29 is 5.11 Å². The van der Waals surface area contributed by atoms with Crippen molar-refractivity contribution in [2.24, 2.45) is 0 Å². The number of pyridine rings is 1. The Morgan fingerprint density at radius 3 is 2.17 bits per heavy atom. The van der Waals surface area contributed by atoms with Gasteiger partial charge in [0.1, 0.15) is 5.69 Å². The van der Waals surface area contributed by atoms with Gasteiger partial charge in [0, 0.05) is 17.3 Å². The Hall–Kier alpha value is -2.62. The largest absolute Gasteiger partial charge is 0.504 e. The second kappa shape index (κ2) is 5.54. The Labute approximate surface area is 136 Å². The standard InChI is InChI=1S/C19H21N3O/c1-13-18(23)17(21-22(13)19(2,3)4)15-10-6-5-9-14(15)16-11-7-8-12-20-16/h5-12,23H,1-4H3. The predicted molar refractivity (Wildman–Crippen MR) is 92.3 cm³/mol. The molecular formula is C19H21N3O. The molecule has 0 saturated carbocycles. The summed E-state index contributed by atoms with van der Waals surface area (Å²) in [5.41, 5.74) is 3.88. The molecule has 0 bridgehead atoms. The summed E-state index contributed by atoms with van der Waals surface area (Å²) in [6.07, 6.45) is 1.77. The van der Waals surface area contributed by atoms with E-state index < -0.39 is 0 Å². The van der Waals surface area contributed by atoms with E-state index in [4.69, 9.17) is 0 Å². The monoisotopic (exact) mass is 307 g/mol. The molecule has 0 aliphatic heterocycles. The Morgan fingerprint density at radius 2 is 1.61 bits per heavy atom. The molecule has 4 nitrogen and oxygen atoms in total. The van der Waals surface area contributed by atoms with Gasteiger partial charge in [0.2, 0.25) is 0 Å². The molecule has 3 aromatic rings. The van der Waals surface area contributed by atoms with Crippen LogP contribution in [0.4, 0.5) is 0 Å². The van der Waals surface area contributed by atoms with Crippen molar-refractivity contribution in [3.05, 3.63) is 54.4 Å². The fourth-order valence-electron chi connectivity index (χ4n) is 2.76. The maximum absolute atomic E-state index is 10.6. The third kappa shape index (κ3) is 2.72. The summed E-state index contributed by atoms with van der Waals surface area (Å²) in [6.45, 7) is 8.10. The Balaban J connectivity index is 2.22. The van der Waals surface area contributed by atoms with Gasteiger partial charge in [-0.2, -0.15) is 5.10 Å². The van der Waals surface area contributed by atoms with Gasteiger partial charge in [-0.3, -0.25) is 9.67 Å². The van der Waals surface area contributed by atoms with E-state index in [0.29, 0.717) is 5.69 Å². The van der Waals surface area contributed by atoms with Crippen molar-refractivity contribution in [1.29, 1.82) is 0 Å². The molecule has 4 heteroatoms. The average molecular weight is 307 g/mol. The second-order valence-electron chi connectivity index (χ2n) is 6.63. The minimum absolute atomic E-state index is 0.195. The molecule has 118 valence electrons. The van der Waals surface area contributed by atoms with Crippen LogP contribution in [0, 0.1) is 6.92 Å². The maximum atomic E-state index is 10.6. The Morgan fingerprint density at radius 1 is 0.957 bits per heavy atom. The molecule has 0 atom stereocenters. The van der Waals surface area contributed by atoms with Crippen LogP contribution in [0.5, 0.6) is 5.75 Å². The lowest BCUT2D eigenvalue weighted by atomic mass is 10.0. The van der Waals surface area contributed by atoms with E-state index in [1.54, 1.807) is 6.20 Å². The zero-order chi connectivity index (χ0) is 16.6. The number of hydrogen-bond donors (Lipinski definition) is 1. The highest BCUT2D eigenvalue weighted by Crippen LogP contribution is 2.38. The molecule has 0 amide bonds. The highest BCUT2D eigenvalue weighted by atomic mass is 16.3. The van der Waals surface area contributed by atoms with Gasteiger partial charge in [-0.25, -0.2) is 0 Å². The number of aromatic hydroxyl groups is 1. The van der Waals surface area contributed by atoms with Crippen molar-refractivity contribution in [3.63, 3.8) is 0 Å². The van der Waals surface area contributed by atoms with Crippen molar-refractivity contribution in [2.75, 3.05) is 0 Å². The molecule has 3 rings (SSSR count). The molecule has 2 heterocycles. The first-order valence-electron chi connectivity index (χ1n) is 7.69. The quantitative estimate of drug-likeness (QED) is 0.764. The zero-order valence-corrected chi connectivity index (χ0v) is 13.9. The van der Waals surface area contributed by atoms with Crippen molar-refractivity contribution >= 4 is 0 Å². The highest BCUT2D eigenvalue weighted by Gasteiger charge is 2.24. The lowest BCUT2D eigenvalue weighted by Crippen LogP contribution is -2.24. The minimum Gasteiger partial charge on any atom is -0.504 e. The van der Waals surface area contributed by atoms with Gasteiger partial charge in [-0.1, -0.05) is 30.3 Å². The summed E-state index contributed by atoms with van der Waals surface area (Å²) >= 11 is 0. The summed E-state index contributed by atoms with van der Waals surface area (Å²) in [5.74, 6) is 0.225. The van der Waals surface area contributed by atoms with Gasteiger partial charge in [0.05, 0.1) is 16.9 Å². The smallest absolute Gasteiger partial charge is 0.164 e. The molecule has 0 fully saturated rings. The number of aromatic nitrogens is 3. The van der Waals surface area contributed by atoms with E-state index in [2.05, 4.69) is 30.9 Å². The van der Waals surface area contributed by atoms with Gasteiger partial charge in [-0.15, -0.1) is 0 Å². The van der Waals surface area contributed by atoms with Gasteiger partial charge >= 0.3 is 0 Å². The maximum Gasteiger partial charge on any atom is 0.164 e. The molecule has 1 N–H and O–H groups in total. The van der Waals surface area contributed by atoms with Crippen molar-refractivity contribution in [1.82, 2.24) is 14.8 Å². The zero-order valence-electron chi connectivity index (χ0n) is 13.9. The van der Waals surface area contributed by atoms with Gasteiger partial charge in [0.15, 0.2) is 5.75 Å². The fourth-order valence-corrected chi connectivity index (χ4v) is 2.76. The summed E-state index contributed by atoms with van der Waals surface area (Å²) in [7, 11) is 0. The lowest BCUT2D eigenvalue weighted by Gasteiger charge is -2.20. The van der Waals surface area contributed by atoms with Crippen LogP contribution in [-0.4, -0.2) is 19.9 Å². The van der Waals surface area contributed by atoms with Crippen LogP contribution in [0.3, 0.4) is 0 Å². The molecule has 23 heavy (non-hydrogen) atoms. The van der Waals surface area contributed by atoms with Crippen molar-refractivity contribution in [3.8, 4) is 28.3 Å². The van der Waals surface area contributed by atoms with E-state index in [9.17, 15) is 5.11 Å². The van der Waals surface area contributed by atoms with Crippen LogP contribution in [-0.2, 0) is 5.54 Å². The molecule has 0 spiro atoms. The van der Waals surface area contributed by atoms with E-state index in [1.807, 2.05) is 54.1 Å². The summed E-state index contributed by atoms with van der Waals surface area (Å²) in [5, 5.41) is 15.3. The van der Waals surface area contributed by atoms with Gasteiger partial charge in [-0.05, 0) is 39.8 Å². The first-order chi connectivity index (χ1) is 10.9. The first kappa shape index (κ1) is 15.3. The van der Waals surface area contributed by atoms with E-state index in [-0.39, 0.29) is 11.3 Å². The summed E-state index contributed by atoms with van der Waals surface area (Å²) in [4.78, 5) is 4.43. The van der Waals surface area contributed by atoms with Crippen LogP contribution in [0.15, 0.2) is 48.7 Å². The minimum atomic E-state index is -0.195. The van der Waals surface area contributed by atoms with E-state index in [1.165, 1.54) is 0 Å². The summed E-state index contributed by atoms with van der Waals surface area (Å²) in [6, 6.07) is 13.7. The highest BCUT2D eigenvalue weighted by molar-refractivity contribution is 5.83. The fraction of sp³-hybridized carbons (Fsp3) is 0.263. The van der Waals surface area contributed by atoms with E-state index >= 15 is 0 Å². The first-order valence-corrected chi connectivity index (χ1v) is 7.69. The number of nitrogens with zero attached hydrogens (tertiary/aromatic N) is 3. The topological polar surface area (TPSA) is 50.9 Å². The molecule has 0 aliphatic carbocycles. The van der Waals surface area contributed by atoms with Crippen LogP contribution in [0.2, 0.25) is 0 Å². The molecular weight excluding hydrogens is 286 g/mol. The molecule has 2 aromatic heterocycles. The second-order valence-corrected chi connectivity index (χ2v) is 6.63. The normalized spacial score (nSPS) is 11.7.